The first-order valence-corrected chi connectivity index (χ1v) is 7.43. The number of ether oxygens (including phenoxy) is 1. The number of likely N-dealkylation sites (N-methyl/N-ethyl adjacent to an activating group) is 1. The van der Waals surface area contributed by atoms with E-state index in [0.29, 0.717) is 11.8 Å². The predicted octanol–water partition coefficient (Wildman–Crippen LogP) is 4.13. The summed E-state index contributed by atoms with van der Waals surface area (Å²) in [6.45, 7) is 15.0. The van der Waals surface area contributed by atoms with Gasteiger partial charge in [-0.1, -0.05) is 40.7 Å². The third-order valence-electron chi connectivity index (χ3n) is 3.49. The van der Waals surface area contributed by atoms with Crippen molar-refractivity contribution in [2.45, 2.75) is 53.6 Å². The second kappa shape index (κ2) is 7.54. The summed E-state index contributed by atoms with van der Waals surface area (Å²) >= 11 is 0. The maximum atomic E-state index is 6.13. The summed E-state index contributed by atoms with van der Waals surface area (Å²) in [5.41, 5.74) is 2.72. The molecule has 0 aliphatic carbocycles. The van der Waals surface area contributed by atoms with E-state index in [-0.39, 0.29) is 6.10 Å². The number of nitrogens with one attached hydrogen (secondary N) is 1. The molecule has 0 saturated carbocycles. The molecular weight excluding hydrogens is 234 g/mol. The number of aryl methyl sites for hydroxylation is 1. The highest BCUT2D eigenvalue weighted by Gasteiger charge is 2.15. The molecule has 1 rings (SSSR count). The average Bonchev–Trinajstić information content (AvgIpc) is 2.33. The van der Waals surface area contributed by atoms with Crippen LogP contribution < -0.4 is 10.1 Å². The molecule has 1 aromatic rings. The largest absolute Gasteiger partial charge is 0.489 e. The molecule has 0 bridgehead atoms. The third kappa shape index (κ3) is 4.87. The van der Waals surface area contributed by atoms with Gasteiger partial charge in [0.25, 0.3) is 0 Å². The van der Waals surface area contributed by atoms with E-state index < -0.39 is 0 Å². The lowest BCUT2D eigenvalue weighted by Gasteiger charge is -2.23. The molecule has 1 unspecified atom stereocenters. The zero-order valence-corrected chi connectivity index (χ0v) is 13.3. The summed E-state index contributed by atoms with van der Waals surface area (Å²) in [7, 11) is 0. The predicted molar refractivity (Wildman–Crippen MR) is 83.1 cm³/mol. The maximum Gasteiger partial charge on any atom is 0.120 e. The van der Waals surface area contributed by atoms with E-state index in [1.165, 1.54) is 11.1 Å². The van der Waals surface area contributed by atoms with Crippen LogP contribution >= 0.6 is 0 Å². The van der Waals surface area contributed by atoms with Crippen LogP contribution in [-0.2, 0) is 0 Å². The minimum absolute atomic E-state index is 0.226. The Morgan fingerprint density at radius 2 is 1.84 bits per heavy atom. The molecule has 0 aliphatic rings. The molecule has 0 aromatic heterocycles. The zero-order valence-electron chi connectivity index (χ0n) is 13.3. The van der Waals surface area contributed by atoms with E-state index in [2.05, 4.69) is 65.1 Å². The van der Waals surface area contributed by atoms with Gasteiger partial charge in [0.1, 0.15) is 11.9 Å². The van der Waals surface area contributed by atoms with Crippen LogP contribution in [0.1, 0.15) is 51.7 Å². The van der Waals surface area contributed by atoms with E-state index >= 15 is 0 Å². The second-order valence-electron chi connectivity index (χ2n) is 5.88. The van der Waals surface area contributed by atoms with Gasteiger partial charge in [0.2, 0.25) is 0 Å². The van der Waals surface area contributed by atoms with Crippen molar-refractivity contribution >= 4 is 0 Å². The molecule has 0 saturated heterocycles. The van der Waals surface area contributed by atoms with Gasteiger partial charge in [-0.2, -0.15) is 0 Å². The fourth-order valence-corrected chi connectivity index (χ4v) is 2.24. The lowest BCUT2D eigenvalue weighted by molar-refractivity contribution is 0.149. The Morgan fingerprint density at radius 3 is 2.32 bits per heavy atom. The second-order valence-corrected chi connectivity index (χ2v) is 5.88. The molecular formula is C17H29NO. The molecule has 0 heterocycles. The normalized spacial score (nSPS) is 13.1. The minimum Gasteiger partial charge on any atom is -0.489 e. The zero-order chi connectivity index (χ0) is 14.4. The number of hydrogen-bond acceptors (Lipinski definition) is 2. The molecule has 0 fully saturated rings. The molecule has 0 radical (unpaired) electrons. The van der Waals surface area contributed by atoms with Crippen molar-refractivity contribution in [1.82, 2.24) is 5.32 Å². The summed E-state index contributed by atoms with van der Waals surface area (Å²) < 4.78 is 6.13. The van der Waals surface area contributed by atoms with Crippen LogP contribution in [-0.4, -0.2) is 19.2 Å². The Hall–Kier alpha value is -1.02. The van der Waals surface area contributed by atoms with Crippen molar-refractivity contribution in [2.75, 3.05) is 13.1 Å². The van der Waals surface area contributed by atoms with Crippen LogP contribution in [0.15, 0.2) is 18.2 Å². The average molecular weight is 263 g/mol. The Bertz CT molecular complexity index is 385. The Morgan fingerprint density at radius 1 is 1.16 bits per heavy atom. The van der Waals surface area contributed by atoms with Crippen molar-refractivity contribution in [3.63, 3.8) is 0 Å². The topological polar surface area (TPSA) is 21.3 Å². The highest BCUT2D eigenvalue weighted by atomic mass is 16.5. The van der Waals surface area contributed by atoms with Gasteiger partial charge in [0.05, 0.1) is 0 Å². The van der Waals surface area contributed by atoms with Crippen LogP contribution in [0, 0.1) is 12.8 Å². The first-order valence-electron chi connectivity index (χ1n) is 7.43. The first-order chi connectivity index (χ1) is 8.95. The fraction of sp³-hybridized carbons (Fsp3) is 0.647. The smallest absolute Gasteiger partial charge is 0.120 e. The summed E-state index contributed by atoms with van der Waals surface area (Å²) in [5, 5.41) is 3.37. The summed E-state index contributed by atoms with van der Waals surface area (Å²) in [5.74, 6) is 2.05. The summed E-state index contributed by atoms with van der Waals surface area (Å²) in [6, 6.07) is 6.46. The van der Waals surface area contributed by atoms with Gasteiger partial charge in [-0.05, 0) is 48.6 Å². The molecule has 2 nitrogen and oxygen atoms in total. The third-order valence-corrected chi connectivity index (χ3v) is 3.49. The molecule has 1 aromatic carbocycles. The van der Waals surface area contributed by atoms with E-state index in [1.807, 2.05) is 0 Å². The molecule has 1 N–H and O–H groups in total. The Labute approximate surface area is 118 Å². The lowest BCUT2D eigenvalue weighted by Crippen LogP contribution is -2.35. The maximum absolute atomic E-state index is 6.13. The van der Waals surface area contributed by atoms with Crippen LogP contribution in [0.5, 0.6) is 5.75 Å². The van der Waals surface area contributed by atoms with E-state index in [9.17, 15) is 0 Å². The Balaban J connectivity index is 2.77. The van der Waals surface area contributed by atoms with Gasteiger partial charge in [-0.25, -0.2) is 0 Å². The lowest BCUT2D eigenvalue weighted by atomic mass is 9.98. The van der Waals surface area contributed by atoms with Crippen LogP contribution in [0.25, 0.3) is 0 Å². The van der Waals surface area contributed by atoms with Crippen LogP contribution in [0.2, 0.25) is 0 Å². The van der Waals surface area contributed by atoms with E-state index in [0.717, 1.165) is 18.8 Å². The standard InChI is InChI=1S/C17H29NO/c1-7-18-11-17(13(4)5)19-15-8-9-16(12(2)3)14(6)10-15/h8-10,12-13,17-18H,7,11H2,1-6H3. The molecule has 108 valence electrons. The van der Waals surface area contributed by atoms with E-state index in [4.69, 9.17) is 4.74 Å². The van der Waals surface area contributed by atoms with Crippen molar-refractivity contribution < 1.29 is 4.74 Å². The van der Waals surface area contributed by atoms with Crippen molar-refractivity contribution in [2.24, 2.45) is 5.92 Å². The van der Waals surface area contributed by atoms with Gasteiger partial charge in [0.15, 0.2) is 0 Å². The van der Waals surface area contributed by atoms with Crippen LogP contribution in [0.3, 0.4) is 0 Å². The summed E-state index contributed by atoms with van der Waals surface area (Å²) in [4.78, 5) is 0. The van der Waals surface area contributed by atoms with Crippen molar-refractivity contribution in [1.29, 1.82) is 0 Å². The summed E-state index contributed by atoms with van der Waals surface area (Å²) in [6.07, 6.45) is 0.226. The van der Waals surface area contributed by atoms with Crippen molar-refractivity contribution in [3.05, 3.63) is 29.3 Å². The van der Waals surface area contributed by atoms with Gasteiger partial charge in [-0.15, -0.1) is 0 Å². The Kier molecular flexibility index (Phi) is 6.36. The monoisotopic (exact) mass is 263 g/mol. The molecule has 2 heteroatoms. The molecule has 19 heavy (non-hydrogen) atoms. The first kappa shape index (κ1) is 16.0. The number of benzene rings is 1. The number of hydrogen-bond donors (Lipinski definition) is 1. The quantitative estimate of drug-likeness (QED) is 0.798. The van der Waals surface area contributed by atoms with Gasteiger partial charge in [0, 0.05) is 6.54 Å². The van der Waals surface area contributed by atoms with E-state index in [1.54, 1.807) is 0 Å². The van der Waals surface area contributed by atoms with Crippen molar-refractivity contribution in [3.8, 4) is 5.75 Å². The van der Waals surface area contributed by atoms with Crippen LogP contribution in [0.4, 0.5) is 0 Å². The molecule has 1 atom stereocenters. The number of rotatable bonds is 7. The minimum atomic E-state index is 0.226. The SMILES string of the molecule is CCNCC(Oc1ccc(C(C)C)c(C)c1)C(C)C. The highest BCUT2D eigenvalue weighted by molar-refractivity contribution is 5.36. The van der Waals surface area contributed by atoms with Gasteiger partial charge < -0.3 is 10.1 Å². The fourth-order valence-electron chi connectivity index (χ4n) is 2.24. The highest BCUT2D eigenvalue weighted by Crippen LogP contribution is 2.24. The van der Waals surface area contributed by atoms with Gasteiger partial charge >= 0.3 is 0 Å². The van der Waals surface area contributed by atoms with Gasteiger partial charge in [-0.3, -0.25) is 0 Å². The molecule has 0 aliphatic heterocycles. The molecule has 0 spiro atoms. The molecule has 0 amide bonds.